The van der Waals surface area contributed by atoms with Gasteiger partial charge in [-0.25, -0.2) is 4.98 Å². The van der Waals surface area contributed by atoms with Gasteiger partial charge in [0, 0.05) is 11.0 Å². The molecule has 3 aromatic rings. The lowest BCUT2D eigenvalue weighted by molar-refractivity contribution is 0.267. The summed E-state index contributed by atoms with van der Waals surface area (Å²) in [5.74, 6) is 0.696. The van der Waals surface area contributed by atoms with Crippen LogP contribution in [0.25, 0.3) is 11.0 Å². The molecule has 0 aliphatic heterocycles. The Hall–Kier alpha value is -1.65. The minimum Gasteiger partial charge on any atom is -0.388 e. The number of hydrogen-bond donors (Lipinski definition) is 1. The average molecular weight is 317 g/mol. The van der Waals surface area contributed by atoms with Gasteiger partial charge in [-0.1, -0.05) is 40.2 Å². The lowest BCUT2D eigenvalue weighted by atomic mass is 10.2. The number of halogens is 1. The van der Waals surface area contributed by atoms with Crippen molar-refractivity contribution >= 4 is 27.0 Å². The van der Waals surface area contributed by atoms with Crippen molar-refractivity contribution < 1.29 is 5.11 Å². The molecule has 0 aliphatic rings. The minimum absolute atomic E-state index is 0.0529. The first kappa shape index (κ1) is 12.4. The number of hydrogen-bond acceptors (Lipinski definition) is 2. The van der Waals surface area contributed by atoms with Crippen molar-refractivity contribution in [1.82, 2.24) is 9.55 Å². The highest BCUT2D eigenvalue weighted by molar-refractivity contribution is 9.10. The Morgan fingerprint density at radius 2 is 1.95 bits per heavy atom. The number of para-hydroxylation sites is 2. The highest BCUT2D eigenvalue weighted by atomic mass is 79.9. The van der Waals surface area contributed by atoms with E-state index in [1.54, 1.807) is 0 Å². The zero-order valence-corrected chi connectivity index (χ0v) is 11.8. The maximum absolute atomic E-state index is 9.46. The van der Waals surface area contributed by atoms with E-state index in [2.05, 4.69) is 37.6 Å². The van der Waals surface area contributed by atoms with E-state index in [4.69, 9.17) is 0 Å². The number of aliphatic hydroxyl groups excluding tert-OH is 1. The van der Waals surface area contributed by atoms with Gasteiger partial charge in [0.05, 0.1) is 11.0 Å². The smallest absolute Gasteiger partial charge is 0.136 e. The van der Waals surface area contributed by atoms with E-state index in [-0.39, 0.29) is 6.61 Å². The molecule has 0 saturated heterocycles. The first-order valence-electron chi connectivity index (χ1n) is 6.07. The van der Waals surface area contributed by atoms with Gasteiger partial charge in [0.15, 0.2) is 0 Å². The maximum Gasteiger partial charge on any atom is 0.136 e. The van der Waals surface area contributed by atoms with E-state index >= 15 is 0 Å². The quantitative estimate of drug-likeness (QED) is 0.804. The number of benzene rings is 2. The molecule has 0 saturated carbocycles. The van der Waals surface area contributed by atoms with E-state index < -0.39 is 0 Å². The highest BCUT2D eigenvalue weighted by Gasteiger charge is 2.09. The summed E-state index contributed by atoms with van der Waals surface area (Å²) in [5.41, 5.74) is 3.14. The largest absolute Gasteiger partial charge is 0.388 e. The van der Waals surface area contributed by atoms with E-state index in [1.165, 1.54) is 5.56 Å². The summed E-state index contributed by atoms with van der Waals surface area (Å²) in [4.78, 5) is 4.45. The predicted molar refractivity (Wildman–Crippen MR) is 78.9 cm³/mol. The Morgan fingerprint density at radius 1 is 1.11 bits per heavy atom. The van der Waals surface area contributed by atoms with Gasteiger partial charge in [0.1, 0.15) is 12.4 Å². The van der Waals surface area contributed by atoms with Crippen molar-refractivity contribution in [2.75, 3.05) is 0 Å². The number of fused-ring (bicyclic) bond motifs is 1. The molecule has 1 aromatic heterocycles. The summed E-state index contributed by atoms with van der Waals surface area (Å²) in [7, 11) is 0. The third-order valence-electron chi connectivity index (χ3n) is 3.10. The van der Waals surface area contributed by atoms with Gasteiger partial charge < -0.3 is 9.67 Å². The molecule has 0 radical (unpaired) electrons. The average Bonchev–Trinajstić information content (AvgIpc) is 2.77. The van der Waals surface area contributed by atoms with Crippen LogP contribution in [-0.4, -0.2) is 14.7 Å². The van der Waals surface area contributed by atoms with Crippen molar-refractivity contribution in [2.45, 2.75) is 13.2 Å². The number of aliphatic hydroxyl groups is 1. The predicted octanol–water partition coefficient (Wildman–Crippen LogP) is 3.34. The zero-order valence-electron chi connectivity index (χ0n) is 10.3. The molecule has 1 heterocycles. The van der Waals surface area contributed by atoms with Crippen LogP contribution in [0.1, 0.15) is 11.4 Å². The van der Waals surface area contributed by atoms with Crippen LogP contribution in [0.4, 0.5) is 0 Å². The van der Waals surface area contributed by atoms with E-state index in [9.17, 15) is 5.11 Å². The summed E-state index contributed by atoms with van der Waals surface area (Å²) in [5, 5.41) is 9.46. The SMILES string of the molecule is OCc1nc2ccccc2n1Cc1cccc(Br)c1. The Kier molecular flexibility index (Phi) is 3.36. The van der Waals surface area contributed by atoms with Gasteiger partial charge in [-0.05, 0) is 29.8 Å². The number of nitrogens with zero attached hydrogens (tertiary/aromatic N) is 2. The summed E-state index contributed by atoms with van der Waals surface area (Å²) < 4.78 is 3.11. The Labute approximate surface area is 119 Å². The maximum atomic E-state index is 9.46. The molecule has 1 N–H and O–H groups in total. The standard InChI is InChI=1S/C15H13BrN2O/c16-12-5-3-4-11(8-12)9-18-14-7-2-1-6-13(14)17-15(18)10-19/h1-8,19H,9-10H2. The third kappa shape index (κ3) is 2.41. The topological polar surface area (TPSA) is 38.1 Å². The van der Waals surface area contributed by atoms with Gasteiger partial charge >= 0.3 is 0 Å². The lowest BCUT2D eigenvalue weighted by Crippen LogP contribution is -2.05. The van der Waals surface area contributed by atoms with Crippen molar-refractivity contribution in [1.29, 1.82) is 0 Å². The molecule has 0 atom stereocenters. The van der Waals surface area contributed by atoms with Crippen LogP contribution in [0.3, 0.4) is 0 Å². The van der Waals surface area contributed by atoms with Crippen LogP contribution in [0.2, 0.25) is 0 Å². The van der Waals surface area contributed by atoms with Crippen LogP contribution in [0.5, 0.6) is 0 Å². The van der Waals surface area contributed by atoms with Gasteiger partial charge in [0.25, 0.3) is 0 Å². The van der Waals surface area contributed by atoms with Crippen molar-refractivity contribution in [2.24, 2.45) is 0 Å². The Bertz CT molecular complexity index is 721. The molecule has 0 spiro atoms. The second kappa shape index (κ2) is 5.15. The van der Waals surface area contributed by atoms with Crippen LogP contribution in [-0.2, 0) is 13.2 Å². The van der Waals surface area contributed by atoms with Crippen LogP contribution < -0.4 is 0 Å². The van der Waals surface area contributed by atoms with Crippen LogP contribution in [0.15, 0.2) is 53.0 Å². The molecule has 19 heavy (non-hydrogen) atoms. The Morgan fingerprint density at radius 3 is 2.74 bits per heavy atom. The fraction of sp³-hybridized carbons (Fsp3) is 0.133. The molecular weight excluding hydrogens is 304 g/mol. The molecule has 3 rings (SSSR count). The van der Waals surface area contributed by atoms with E-state index in [1.807, 2.05) is 36.4 Å². The first-order chi connectivity index (χ1) is 9.28. The normalized spacial score (nSPS) is 11.1. The molecule has 0 bridgehead atoms. The Balaban J connectivity index is 2.08. The molecule has 4 heteroatoms. The monoisotopic (exact) mass is 316 g/mol. The molecule has 2 aromatic carbocycles. The molecule has 0 aliphatic carbocycles. The number of rotatable bonds is 3. The van der Waals surface area contributed by atoms with E-state index in [0.29, 0.717) is 12.4 Å². The van der Waals surface area contributed by atoms with Gasteiger partial charge in [-0.15, -0.1) is 0 Å². The summed E-state index contributed by atoms with van der Waals surface area (Å²) >= 11 is 3.48. The number of aromatic nitrogens is 2. The lowest BCUT2D eigenvalue weighted by Gasteiger charge is -2.08. The molecule has 0 fully saturated rings. The van der Waals surface area contributed by atoms with Gasteiger partial charge in [-0.2, -0.15) is 0 Å². The van der Waals surface area contributed by atoms with Gasteiger partial charge in [0.2, 0.25) is 0 Å². The van der Waals surface area contributed by atoms with Crippen LogP contribution >= 0.6 is 15.9 Å². The van der Waals surface area contributed by atoms with E-state index in [0.717, 1.165) is 15.5 Å². The van der Waals surface area contributed by atoms with Crippen molar-refractivity contribution in [3.05, 3.63) is 64.4 Å². The van der Waals surface area contributed by atoms with Crippen molar-refractivity contribution in [3.8, 4) is 0 Å². The second-order valence-electron chi connectivity index (χ2n) is 4.39. The van der Waals surface area contributed by atoms with Gasteiger partial charge in [-0.3, -0.25) is 0 Å². The summed E-state index contributed by atoms with van der Waals surface area (Å²) in [6.45, 7) is 0.651. The first-order valence-corrected chi connectivity index (χ1v) is 6.86. The highest BCUT2D eigenvalue weighted by Crippen LogP contribution is 2.19. The van der Waals surface area contributed by atoms with Crippen molar-refractivity contribution in [3.63, 3.8) is 0 Å². The fourth-order valence-corrected chi connectivity index (χ4v) is 2.69. The number of imidazole rings is 1. The molecular formula is C15H13BrN2O. The fourth-order valence-electron chi connectivity index (χ4n) is 2.24. The minimum atomic E-state index is -0.0529. The summed E-state index contributed by atoms with van der Waals surface area (Å²) in [6.07, 6.45) is 0. The molecule has 3 nitrogen and oxygen atoms in total. The molecule has 0 unspecified atom stereocenters. The summed E-state index contributed by atoms with van der Waals surface area (Å²) in [6, 6.07) is 16.1. The second-order valence-corrected chi connectivity index (χ2v) is 5.31. The molecule has 96 valence electrons. The third-order valence-corrected chi connectivity index (χ3v) is 3.60. The molecule has 0 amide bonds. The zero-order chi connectivity index (χ0) is 13.2. The van der Waals surface area contributed by atoms with Crippen LogP contribution in [0, 0.1) is 0 Å².